The molecule has 1 aliphatic carbocycles. The molecule has 3 rings (SSSR count). The Hall–Kier alpha value is -2.21. The van der Waals surface area contributed by atoms with Crippen molar-refractivity contribution in [1.29, 1.82) is 0 Å². The van der Waals surface area contributed by atoms with Crippen LogP contribution in [0.15, 0.2) is 40.9 Å². The molecule has 1 aliphatic rings. The number of benzene rings is 2. The minimum Gasteiger partial charge on any atom is -0.452 e. The van der Waals surface area contributed by atoms with Crippen LogP contribution in [-0.4, -0.2) is 18.5 Å². The number of aryl methyl sites for hydroxylation is 2. The zero-order chi connectivity index (χ0) is 17.1. The Kier molecular flexibility index (Phi) is 4.94. The molecule has 0 spiro atoms. The molecular formula is C18H15BrFNO3. The van der Waals surface area contributed by atoms with Crippen LogP contribution in [0.25, 0.3) is 0 Å². The highest BCUT2D eigenvalue weighted by atomic mass is 79.9. The molecule has 2 aromatic rings. The van der Waals surface area contributed by atoms with E-state index in [4.69, 9.17) is 4.74 Å². The van der Waals surface area contributed by atoms with Crippen molar-refractivity contribution in [3.8, 4) is 0 Å². The third-order valence-electron chi connectivity index (χ3n) is 3.86. The van der Waals surface area contributed by atoms with Crippen LogP contribution < -0.4 is 5.32 Å². The van der Waals surface area contributed by atoms with E-state index >= 15 is 0 Å². The van der Waals surface area contributed by atoms with Crippen LogP contribution in [-0.2, 0) is 22.4 Å². The number of carbonyl (C=O) groups excluding carboxylic acids is 2. The first-order chi connectivity index (χ1) is 11.5. The molecule has 0 aliphatic heterocycles. The van der Waals surface area contributed by atoms with E-state index in [0.29, 0.717) is 10.2 Å². The van der Waals surface area contributed by atoms with E-state index in [0.717, 1.165) is 25.3 Å². The summed E-state index contributed by atoms with van der Waals surface area (Å²) in [6, 6.07) is 9.49. The van der Waals surface area contributed by atoms with Crippen molar-refractivity contribution in [2.75, 3.05) is 11.9 Å². The molecule has 0 bridgehead atoms. The van der Waals surface area contributed by atoms with Gasteiger partial charge in [0.15, 0.2) is 6.61 Å². The van der Waals surface area contributed by atoms with Gasteiger partial charge >= 0.3 is 5.97 Å². The molecule has 2 aromatic carbocycles. The Morgan fingerprint density at radius 2 is 1.92 bits per heavy atom. The molecule has 4 nitrogen and oxygen atoms in total. The lowest BCUT2D eigenvalue weighted by Crippen LogP contribution is -2.21. The predicted octanol–water partition coefficient (Wildman–Crippen LogP) is 3.87. The van der Waals surface area contributed by atoms with Crippen molar-refractivity contribution in [1.82, 2.24) is 0 Å². The van der Waals surface area contributed by atoms with Gasteiger partial charge in [-0.3, -0.25) is 4.79 Å². The summed E-state index contributed by atoms with van der Waals surface area (Å²) in [5, 5.41) is 2.70. The molecule has 0 heterocycles. The highest BCUT2D eigenvalue weighted by Crippen LogP contribution is 2.25. The van der Waals surface area contributed by atoms with E-state index in [9.17, 15) is 14.0 Å². The van der Waals surface area contributed by atoms with Crippen LogP contribution in [0.4, 0.5) is 10.1 Å². The molecule has 6 heteroatoms. The summed E-state index contributed by atoms with van der Waals surface area (Å²) in [6.45, 7) is -0.432. The highest BCUT2D eigenvalue weighted by molar-refractivity contribution is 9.10. The average Bonchev–Trinajstić information content (AvgIpc) is 3.02. The third kappa shape index (κ3) is 3.82. The average molecular weight is 392 g/mol. The largest absolute Gasteiger partial charge is 0.452 e. The van der Waals surface area contributed by atoms with E-state index < -0.39 is 24.3 Å². The minimum absolute atomic E-state index is 0.0420. The monoisotopic (exact) mass is 391 g/mol. The number of amides is 1. The van der Waals surface area contributed by atoms with Gasteiger partial charge in [0, 0.05) is 10.2 Å². The number of hydrogen-bond acceptors (Lipinski definition) is 3. The number of rotatable bonds is 4. The number of nitrogens with one attached hydrogen (secondary N) is 1. The second-order valence-electron chi connectivity index (χ2n) is 5.59. The minimum atomic E-state index is -0.759. The Balaban J connectivity index is 1.57. The summed E-state index contributed by atoms with van der Waals surface area (Å²) in [4.78, 5) is 23.9. The maximum absolute atomic E-state index is 13.2. The fourth-order valence-electron chi connectivity index (χ4n) is 2.71. The first-order valence-corrected chi connectivity index (χ1v) is 8.36. The van der Waals surface area contributed by atoms with Crippen LogP contribution >= 0.6 is 15.9 Å². The summed E-state index contributed by atoms with van der Waals surface area (Å²) >= 11 is 3.15. The van der Waals surface area contributed by atoms with Crippen molar-refractivity contribution in [2.45, 2.75) is 19.3 Å². The highest BCUT2D eigenvalue weighted by Gasteiger charge is 2.15. The topological polar surface area (TPSA) is 55.4 Å². The lowest BCUT2D eigenvalue weighted by Gasteiger charge is -2.09. The summed E-state index contributed by atoms with van der Waals surface area (Å²) in [6.07, 6.45) is 3.22. The number of fused-ring (bicyclic) bond motifs is 1. The SMILES string of the molecule is O=C(COC(=O)c1cc(F)ccc1Br)Nc1ccc2c(c1)CCC2. The molecule has 0 atom stereocenters. The van der Waals surface area contributed by atoms with Gasteiger partial charge in [-0.1, -0.05) is 6.07 Å². The van der Waals surface area contributed by atoms with Gasteiger partial charge in [0.05, 0.1) is 5.56 Å². The van der Waals surface area contributed by atoms with Crippen LogP contribution in [0.3, 0.4) is 0 Å². The number of hydrogen-bond donors (Lipinski definition) is 1. The smallest absolute Gasteiger partial charge is 0.339 e. The number of carbonyl (C=O) groups is 2. The van der Waals surface area contributed by atoms with Crippen molar-refractivity contribution < 1.29 is 18.7 Å². The van der Waals surface area contributed by atoms with Gasteiger partial charge in [-0.25, -0.2) is 9.18 Å². The molecule has 24 heavy (non-hydrogen) atoms. The van der Waals surface area contributed by atoms with Crippen LogP contribution in [0.1, 0.15) is 27.9 Å². The van der Waals surface area contributed by atoms with Crippen molar-refractivity contribution in [3.63, 3.8) is 0 Å². The van der Waals surface area contributed by atoms with Gasteiger partial charge in [0.25, 0.3) is 5.91 Å². The van der Waals surface area contributed by atoms with Crippen LogP contribution in [0.5, 0.6) is 0 Å². The van der Waals surface area contributed by atoms with Crippen molar-refractivity contribution in [2.24, 2.45) is 0 Å². The van der Waals surface area contributed by atoms with Crippen molar-refractivity contribution in [3.05, 3.63) is 63.4 Å². The second-order valence-corrected chi connectivity index (χ2v) is 6.44. The predicted molar refractivity (Wildman–Crippen MR) is 91.5 cm³/mol. The van der Waals surface area contributed by atoms with Crippen LogP contribution in [0, 0.1) is 5.82 Å². The summed E-state index contributed by atoms with van der Waals surface area (Å²) in [5.41, 5.74) is 3.29. The first kappa shape index (κ1) is 16.6. The number of halogens is 2. The fraction of sp³-hybridized carbons (Fsp3) is 0.222. The molecule has 0 saturated heterocycles. The number of esters is 1. The summed E-state index contributed by atoms with van der Waals surface area (Å²) < 4.78 is 18.5. The molecule has 124 valence electrons. The molecular weight excluding hydrogens is 377 g/mol. The Labute approximate surface area is 147 Å². The van der Waals surface area contributed by atoms with E-state index in [-0.39, 0.29) is 5.56 Å². The molecule has 0 radical (unpaired) electrons. The number of ether oxygens (including phenoxy) is 1. The third-order valence-corrected chi connectivity index (χ3v) is 4.56. The Bertz CT molecular complexity index is 807. The van der Waals surface area contributed by atoms with E-state index in [1.807, 2.05) is 18.2 Å². The quantitative estimate of drug-likeness (QED) is 0.804. The first-order valence-electron chi connectivity index (χ1n) is 7.57. The van der Waals surface area contributed by atoms with Gasteiger partial charge in [-0.15, -0.1) is 0 Å². The van der Waals surface area contributed by atoms with Gasteiger partial charge in [-0.2, -0.15) is 0 Å². The van der Waals surface area contributed by atoms with Crippen molar-refractivity contribution >= 4 is 33.5 Å². The zero-order valence-electron chi connectivity index (χ0n) is 12.8. The fourth-order valence-corrected chi connectivity index (χ4v) is 3.12. The summed E-state index contributed by atoms with van der Waals surface area (Å²) in [5.74, 6) is -1.74. The molecule has 1 N–H and O–H groups in total. The summed E-state index contributed by atoms with van der Waals surface area (Å²) in [7, 11) is 0. The van der Waals surface area contributed by atoms with E-state index in [1.54, 1.807) is 0 Å². The second kappa shape index (κ2) is 7.13. The van der Waals surface area contributed by atoms with Crippen LogP contribution in [0.2, 0.25) is 0 Å². The van der Waals surface area contributed by atoms with E-state index in [1.165, 1.54) is 23.3 Å². The van der Waals surface area contributed by atoms with Gasteiger partial charge in [-0.05, 0) is 76.7 Å². The Morgan fingerprint density at radius 1 is 1.12 bits per heavy atom. The Morgan fingerprint density at radius 3 is 2.75 bits per heavy atom. The standard InChI is InChI=1S/C18H15BrFNO3/c19-16-7-5-13(20)9-15(16)18(23)24-10-17(22)21-14-6-4-11-2-1-3-12(11)8-14/h4-9H,1-3,10H2,(H,21,22). The maximum atomic E-state index is 13.2. The van der Waals surface area contributed by atoms with Gasteiger partial charge < -0.3 is 10.1 Å². The number of anilines is 1. The lowest BCUT2D eigenvalue weighted by molar-refractivity contribution is -0.119. The van der Waals surface area contributed by atoms with E-state index in [2.05, 4.69) is 21.2 Å². The molecule has 0 saturated carbocycles. The molecule has 0 aromatic heterocycles. The zero-order valence-corrected chi connectivity index (χ0v) is 14.4. The van der Waals surface area contributed by atoms with Gasteiger partial charge in [0.1, 0.15) is 5.82 Å². The molecule has 0 fully saturated rings. The molecule has 1 amide bonds. The normalized spacial score (nSPS) is 12.6. The molecule has 0 unspecified atom stereocenters. The lowest BCUT2D eigenvalue weighted by atomic mass is 10.1. The maximum Gasteiger partial charge on any atom is 0.339 e. The van der Waals surface area contributed by atoms with Gasteiger partial charge in [0.2, 0.25) is 0 Å².